The highest BCUT2D eigenvalue weighted by Gasteiger charge is 2.21. The Morgan fingerprint density at radius 2 is 2.15 bits per heavy atom. The summed E-state index contributed by atoms with van der Waals surface area (Å²) in [6.07, 6.45) is 16.4. The maximum atomic E-state index is 13.0. The van der Waals surface area contributed by atoms with Crippen molar-refractivity contribution in [1.82, 2.24) is 15.6 Å². The summed E-state index contributed by atoms with van der Waals surface area (Å²) in [5.41, 5.74) is 5.30. The van der Waals surface area contributed by atoms with Gasteiger partial charge in [0.1, 0.15) is 12.1 Å². The predicted octanol–water partition coefficient (Wildman–Crippen LogP) is 5.81. The average molecular weight is 573 g/mol. The average Bonchev–Trinajstić information content (AvgIpc) is 3.00. The lowest BCUT2D eigenvalue weighted by atomic mass is 9.93. The zero-order chi connectivity index (χ0) is 28.8. The standard InChI is InChI=1S/C32H37ClN6O2/c1-3-20(2)31-36-18-23-13-21(7-9-28(23)39-31)12-22-14-24(17-35-16-22)32(40)37-19-27(34)26-15-25(33)8-10-29(26)38-30-6-4-5-11-41-30/h7-10,13-18,20,28,30,34,38H,3-6,11-12,19H2,1-2H3,(H,36,39)(H,37,40). The number of allylic oxidation sites excluding steroid dienone is 2. The van der Waals surface area contributed by atoms with Gasteiger partial charge in [0.05, 0.1) is 23.9 Å². The molecule has 4 N–H and O–H groups in total. The first-order valence-corrected chi connectivity index (χ1v) is 14.7. The lowest BCUT2D eigenvalue weighted by Gasteiger charge is -2.26. The Labute approximate surface area is 246 Å². The molecular weight excluding hydrogens is 536 g/mol. The van der Waals surface area contributed by atoms with Crippen molar-refractivity contribution in [3.63, 3.8) is 0 Å². The van der Waals surface area contributed by atoms with Crippen LogP contribution in [0.3, 0.4) is 0 Å². The van der Waals surface area contributed by atoms with Crippen LogP contribution in [0.4, 0.5) is 5.69 Å². The lowest BCUT2D eigenvalue weighted by Crippen LogP contribution is -2.32. The number of carbonyl (C=O) groups is 1. The topological polar surface area (TPSA) is 111 Å². The van der Waals surface area contributed by atoms with Gasteiger partial charge in [-0.1, -0.05) is 43.7 Å². The number of nitrogens with one attached hydrogen (secondary N) is 4. The molecule has 3 heterocycles. The van der Waals surface area contributed by atoms with Gasteiger partial charge in [-0.15, -0.1) is 0 Å². The molecule has 1 amide bonds. The summed E-state index contributed by atoms with van der Waals surface area (Å²) in [7, 11) is 0. The number of amides is 1. The summed E-state index contributed by atoms with van der Waals surface area (Å²) < 4.78 is 5.80. The molecule has 3 unspecified atom stereocenters. The lowest BCUT2D eigenvalue weighted by molar-refractivity contribution is 0.0343. The molecule has 2 aromatic rings. The van der Waals surface area contributed by atoms with Gasteiger partial charge in [-0.2, -0.15) is 0 Å². The van der Waals surface area contributed by atoms with Crippen molar-refractivity contribution in [2.75, 3.05) is 18.5 Å². The summed E-state index contributed by atoms with van der Waals surface area (Å²) in [6, 6.07) is 7.28. The number of nitrogens with zero attached hydrogens (tertiary/aromatic N) is 2. The molecule has 3 atom stereocenters. The van der Waals surface area contributed by atoms with Crippen molar-refractivity contribution in [2.45, 2.75) is 58.2 Å². The number of anilines is 1. The number of benzene rings is 1. The van der Waals surface area contributed by atoms with Crippen LogP contribution < -0.4 is 16.0 Å². The number of amidine groups is 1. The third-order valence-corrected chi connectivity index (χ3v) is 7.86. The second-order valence-corrected chi connectivity index (χ2v) is 11.2. The first-order valence-electron chi connectivity index (χ1n) is 14.3. The number of pyridine rings is 1. The fraction of sp³-hybridized carbons (Fsp3) is 0.375. The van der Waals surface area contributed by atoms with Crippen LogP contribution >= 0.6 is 11.6 Å². The normalized spacial score (nSPS) is 20.5. The minimum Gasteiger partial charge on any atom is -0.360 e. The van der Waals surface area contributed by atoms with Gasteiger partial charge in [-0.3, -0.25) is 14.8 Å². The molecule has 1 aliphatic carbocycles. The van der Waals surface area contributed by atoms with Gasteiger partial charge in [0, 0.05) is 47.4 Å². The number of hydrogen-bond donors (Lipinski definition) is 4. The molecule has 5 rings (SSSR count). The molecule has 0 saturated carbocycles. The highest BCUT2D eigenvalue weighted by atomic mass is 35.5. The van der Waals surface area contributed by atoms with Crippen LogP contribution in [-0.4, -0.2) is 47.9 Å². The molecule has 0 spiro atoms. The first kappa shape index (κ1) is 28.8. The monoisotopic (exact) mass is 572 g/mol. The number of ether oxygens (including phenoxy) is 1. The van der Waals surface area contributed by atoms with E-state index >= 15 is 0 Å². The van der Waals surface area contributed by atoms with Gasteiger partial charge < -0.3 is 26.1 Å². The zero-order valence-electron chi connectivity index (χ0n) is 23.5. The highest BCUT2D eigenvalue weighted by molar-refractivity contribution is 6.31. The molecule has 1 aromatic carbocycles. The quantitative estimate of drug-likeness (QED) is 0.268. The third-order valence-electron chi connectivity index (χ3n) is 7.62. The summed E-state index contributed by atoms with van der Waals surface area (Å²) in [4.78, 5) is 22.2. The smallest absolute Gasteiger partial charge is 0.253 e. The molecule has 0 bridgehead atoms. The van der Waals surface area contributed by atoms with Crippen molar-refractivity contribution in [1.29, 1.82) is 5.41 Å². The number of aliphatic imine (C=N–C) groups is 1. The van der Waals surface area contributed by atoms with E-state index in [0.717, 1.165) is 60.5 Å². The molecule has 8 nitrogen and oxygen atoms in total. The van der Waals surface area contributed by atoms with E-state index in [2.05, 4.69) is 53.0 Å². The van der Waals surface area contributed by atoms with Crippen molar-refractivity contribution in [3.8, 4) is 0 Å². The van der Waals surface area contributed by atoms with E-state index in [9.17, 15) is 4.79 Å². The molecule has 1 fully saturated rings. The summed E-state index contributed by atoms with van der Waals surface area (Å²) in [5.74, 6) is 1.14. The minimum absolute atomic E-state index is 0.0416. The van der Waals surface area contributed by atoms with Crippen LogP contribution in [0.25, 0.3) is 0 Å². The van der Waals surface area contributed by atoms with Crippen molar-refractivity contribution in [2.24, 2.45) is 10.9 Å². The fourth-order valence-electron chi connectivity index (χ4n) is 5.07. The second-order valence-electron chi connectivity index (χ2n) is 10.7. The molecule has 1 saturated heterocycles. The van der Waals surface area contributed by atoms with E-state index in [-0.39, 0.29) is 30.4 Å². The Kier molecular flexibility index (Phi) is 9.31. The van der Waals surface area contributed by atoms with Crippen LogP contribution in [0.15, 0.2) is 77.2 Å². The van der Waals surface area contributed by atoms with Crippen molar-refractivity contribution in [3.05, 3.63) is 93.9 Å². The van der Waals surface area contributed by atoms with Gasteiger partial charge in [0.15, 0.2) is 0 Å². The molecule has 1 aromatic heterocycles. The number of halogens is 1. The molecule has 3 aliphatic rings. The van der Waals surface area contributed by atoms with Crippen molar-refractivity contribution < 1.29 is 9.53 Å². The number of hydrogen-bond acceptors (Lipinski definition) is 7. The number of rotatable bonds is 10. The largest absolute Gasteiger partial charge is 0.360 e. The van der Waals surface area contributed by atoms with Crippen LogP contribution in [-0.2, 0) is 11.2 Å². The van der Waals surface area contributed by atoms with E-state index in [1.807, 2.05) is 18.3 Å². The second kappa shape index (κ2) is 13.3. The molecule has 41 heavy (non-hydrogen) atoms. The Morgan fingerprint density at radius 1 is 1.27 bits per heavy atom. The summed E-state index contributed by atoms with van der Waals surface area (Å²) in [6.45, 7) is 5.12. The number of aromatic nitrogens is 1. The molecule has 9 heteroatoms. The van der Waals surface area contributed by atoms with Crippen LogP contribution in [0.1, 0.15) is 61.0 Å². The molecular formula is C32H37ClN6O2. The molecule has 214 valence electrons. The molecule has 0 radical (unpaired) electrons. The van der Waals surface area contributed by atoms with Gasteiger partial charge in [-0.25, -0.2) is 0 Å². The highest BCUT2D eigenvalue weighted by Crippen LogP contribution is 2.26. The Balaban J connectivity index is 1.19. The minimum atomic E-state index is -0.282. The van der Waals surface area contributed by atoms with Gasteiger partial charge in [-0.05, 0) is 73.1 Å². The van der Waals surface area contributed by atoms with E-state index < -0.39 is 0 Å². The third kappa shape index (κ3) is 7.31. The van der Waals surface area contributed by atoms with Gasteiger partial charge in [0.2, 0.25) is 0 Å². The van der Waals surface area contributed by atoms with Crippen molar-refractivity contribution >= 4 is 34.7 Å². The molecule has 2 aliphatic heterocycles. The summed E-state index contributed by atoms with van der Waals surface area (Å²) in [5, 5.41) is 18.8. The Bertz CT molecular complexity index is 1420. The van der Waals surface area contributed by atoms with E-state index in [4.69, 9.17) is 26.7 Å². The fourth-order valence-corrected chi connectivity index (χ4v) is 5.24. The van der Waals surface area contributed by atoms with Crippen LogP contribution in [0, 0.1) is 11.3 Å². The van der Waals surface area contributed by atoms with E-state index in [1.54, 1.807) is 24.5 Å². The zero-order valence-corrected chi connectivity index (χ0v) is 24.3. The first-order chi connectivity index (χ1) is 19.9. The van der Waals surface area contributed by atoms with Crippen LogP contribution in [0.5, 0.6) is 0 Å². The van der Waals surface area contributed by atoms with Gasteiger partial charge in [0.25, 0.3) is 5.91 Å². The Morgan fingerprint density at radius 3 is 2.95 bits per heavy atom. The number of carbonyl (C=O) groups excluding carboxylic acids is 1. The van der Waals surface area contributed by atoms with E-state index in [0.29, 0.717) is 28.5 Å². The summed E-state index contributed by atoms with van der Waals surface area (Å²) >= 11 is 6.25. The van der Waals surface area contributed by atoms with Crippen LogP contribution in [0.2, 0.25) is 5.02 Å². The maximum absolute atomic E-state index is 13.0. The van der Waals surface area contributed by atoms with Gasteiger partial charge >= 0.3 is 0 Å². The maximum Gasteiger partial charge on any atom is 0.253 e. The number of fused-ring (bicyclic) bond motifs is 1. The Hall–Kier alpha value is -3.75. The predicted molar refractivity (Wildman–Crippen MR) is 165 cm³/mol. The van der Waals surface area contributed by atoms with E-state index in [1.165, 1.54) is 0 Å². The SMILES string of the molecule is CCC(C)C1=NC2C=CC(Cc3cncc(C(=O)NCC(=N)c4cc(Cl)ccc4NC4CCCCO4)c3)=CC2=CN1.